The number of aryl methyl sites for hydroxylation is 1. The lowest BCUT2D eigenvalue weighted by Crippen LogP contribution is -2.24. The summed E-state index contributed by atoms with van der Waals surface area (Å²) in [6.45, 7) is 8.70. The van der Waals surface area contributed by atoms with Gasteiger partial charge >= 0.3 is 0 Å². The summed E-state index contributed by atoms with van der Waals surface area (Å²) in [7, 11) is 1.81. The van der Waals surface area contributed by atoms with Crippen molar-refractivity contribution in [2.45, 2.75) is 39.7 Å². The standard InChI is InChI=1S/C24H25N7O2S/c1-13-14(15-11-16(21(32)28-27-15)25-19-9-10-30(5)29-19)7-6-8-18(13)31-12-17-20(22(31)33)34-23(26-17)24(2,3)4/h6-11H,12H2,1-5H3,(H,28,32)(H,25,27,29). The Labute approximate surface area is 200 Å². The van der Waals surface area contributed by atoms with Crippen LogP contribution in [0.4, 0.5) is 17.2 Å². The van der Waals surface area contributed by atoms with Gasteiger partial charge in [-0.25, -0.2) is 10.1 Å². The normalized spacial score (nSPS) is 13.4. The summed E-state index contributed by atoms with van der Waals surface area (Å²) in [5, 5.41) is 15.1. The molecule has 1 aliphatic heterocycles. The highest BCUT2D eigenvalue weighted by atomic mass is 32.1. The van der Waals surface area contributed by atoms with E-state index in [1.807, 2.05) is 25.1 Å². The number of carbonyl (C=O) groups excluding carboxylic acids is 1. The van der Waals surface area contributed by atoms with Gasteiger partial charge in [0, 0.05) is 36.0 Å². The first kappa shape index (κ1) is 22.0. The number of nitrogens with zero attached hydrogens (tertiary/aromatic N) is 5. The Morgan fingerprint density at radius 3 is 2.65 bits per heavy atom. The van der Waals surface area contributed by atoms with E-state index in [0.717, 1.165) is 27.5 Å². The number of anilines is 3. The minimum absolute atomic E-state index is 0.0322. The van der Waals surface area contributed by atoms with E-state index in [1.54, 1.807) is 35.0 Å². The number of rotatable bonds is 4. The highest BCUT2D eigenvalue weighted by Crippen LogP contribution is 2.38. The molecule has 0 aliphatic carbocycles. The molecule has 4 aromatic rings. The van der Waals surface area contributed by atoms with Crippen LogP contribution in [0.15, 0.2) is 41.3 Å². The van der Waals surface area contributed by atoms with Crippen molar-refractivity contribution >= 4 is 34.4 Å². The summed E-state index contributed by atoms with van der Waals surface area (Å²) in [5.74, 6) is 0.529. The number of H-pyrrole nitrogens is 1. The van der Waals surface area contributed by atoms with Crippen molar-refractivity contribution in [1.82, 2.24) is 25.0 Å². The van der Waals surface area contributed by atoms with E-state index in [0.29, 0.717) is 28.6 Å². The van der Waals surface area contributed by atoms with Crippen LogP contribution in [0.2, 0.25) is 0 Å². The minimum Gasteiger partial charge on any atom is -0.334 e. The zero-order chi connectivity index (χ0) is 24.2. The second kappa shape index (κ2) is 7.91. The van der Waals surface area contributed by atoms with Gasteiger partial charge in [0.25, 0.3) is 11.5 Å². The molecule has 0 saturated heterocycles. The zero-order valence-corrected chi connectivity index (χ0v) is 20.4. The van der Waals surface area contributed by atoms with Crippen LogP contribution >= 0.6 is 11.3 Å². The molecular formula is C24H25N7O2S. The first-order chi connectivity index (χ1) is 16.1. The Balaban J connectivity index is 1.48. The number of fused-ring (bicyclic) bond motifs is 1. The van der Waals surface area contributed by atoms with Gasteiger partial charge in [-0.15, -0.1) is 11.3 Å². The van der Waals surface area contributed by atoms with E-state index in [1.165, 1.54) is 11.3 Å². The maximum absolute atomic E-state index is 13.3. The first-order valence-corrected chi connectivity index (χ1v) is 11.7. The molecule has 174 valence electrons. The highest BCUT2D eigenvalue weighted by Gasteiger charge is 2.35. The zero-order valence-electron chi connectivity index (χ0n) is 19.6. The van der Waals surface area contributed by atoms with Crippen LogP contribution in [0.3, 0.4) is 0 Å². The molecule has 1 aliphatic rings. The number of aromatic nitrogens is 5. The summed E-state index contributed by atoms with van der Waals surface area (Å²) in [4.78, 5) is 32.8. The van der Waals surface area contributed by atoms with Gasteiger partial charge in [-0.2, -0.15) is 10.2 Å². The molecule has 0 unspecified atom stereocenters. The largest absolute Gasteiger partial charge is 0.334 e. The number of hydrogen-bond donors (Lipinski definition) is 2. The molecule has 1 amide bonds. The van der Waals surface area contributed by atoms with Gasteiger partial charge in [-0.05, 0) is 24.6 Å². The summed E-state index contributed by atoms with van der Waals surface area (Å²) in [6, 6.07) is 9.22. The van der Waals surface area contributed by atoms with E-state index < -0.39 is 0 Å². The number of aromatic amines is 1. The van der Waals surface area contributed by atoms with Crippen molar-refractivity contribution in [1.29, 1.82) is 0 Å². The first-order valence-electron chi connectivity index (χ1n) is 10.9. The summed E-state index contributed by atoms with van der Waals surface area (Å²) >= 11 is 1.48. The summed E-state index contributed by atoms with van der Waals surface area (Å²) < 4.78 is 1.65. The molecule has 0 saturated carbocycles. The number of nitrogens with one attached hydrogen (secondary N) is 2. The minimum atomic E-state index is -0.344. The van der Waals surface area contributed by atoms with E-state index in [4.69, 9.17) is 4.98 Å². The van der Waals surface area contributed by atoms with Crippen LogP contribution in [0, 0.1) is 6.92 Å². The lowest BCUT2D eigenvalue weighted by molar-refractivity contribution is 0.1000. The molecule has 0 spiro atoms. The highest BCUT2D eigenvalue weighted by molar-refractivity contribution is 7.14. The Kier molecular flexibility index (Phi) is 5.12. The van der Waals surface area contributed by atoms with Crippen molar-refractivity contribution in [3.63, 3.8) is 0 Å². The fraction of sp³-hybridized carbons (Fsp3) is 0.292. The second-order valence-electron chi connectivity index (χ2n) is 9.38. The Hall–Kier alpha value is -3.79. The molecular weight excluding hydrogens is 450 g/mol. The molecule has 34 heavy (non-hydrogen) atoms. The average molecular weight is 476 g/mol. The monoisotopic (exact) mass is 475 g/mol. The van der Waals surface area contributed by atoms with Gasteiger partial charge in [-0.1, -0.05) is 32.9 Å². The number of thiazole rings is 1. The van der Waals surface area contributed by atoms with Gasteiger partial charge in [-0.3, -0.25) is 14.3 Å². The third kappa shape index (κ3) is 3.79. The molecule has 0 radical (unpaired) electrons. The van der Waals surface area contributed by atoms with Crippen molar-refractivity contribution in [2.75, 3.05) is 10.2 Å². The van der Waals surface area contributed by atoms with Crippen LogP contribution in [0.1, 0.15) is 46.7 Å². The molecule has 4 heterocycles. The SMILES string of the molecule is Cc1c(-c2cc(Nc3ccn(C)n3)c(=O)[nH]n2)cccc1N1Cc2nc(C(C)(C)C)sc2C1=O. The van der Waals surface area contributed by atoms with Gasteiger partial charge < -0.3 is 10.2 Å². The van der Waals surface area contributed by atoms with Gasteiger partial charge in [0.2, 0.25) is 0 Å². The third-order valence-corrected chi connectivity index (χ3v) is 7.25. The number of benzene rings is 1. The fourth-order valence-corrected chi connectivity index (χ4v) is 5.02. The van der Waals surface area contributed by atoms with E-state index in [9.17, 15) is 9.59 Å². The average Bonchev–Trinajstić information content (AvgIpc) is 3.46. The quantitative estimate of drug-likeness (QED) is 0.459. The molecule has 9 nitrogen and oxygen atoms in total. The Morgan fingerprint density at radius 2 is 1.97 bits per heavy atom. The number of hydrogen-bond acceptors (Lipinski definition) is 7. The third-order valence-electron chi connectivity index (χ3n) is 5.74. The van der Waals surface area contributed by atoms with Crippen LogP contribution in [-0.4, -0.2) is 30.9 Å². The predicted molar refractivity (Wildman–Crippen MR) is 133 cm³/mol. The molecule has 5 rings (SSSR count). The maximum Gasteiger partial charge on any atom is 0.287 e. The number of carbonyl (C=O) groups is 1. The smallest absolute Gasteiger partial charge is 0.287 e. The predicted octanol–water partition coefficient (Wildman–Crippen LogP) is 4.14. The Morgan fingerprint density at radius 1 is 1.18 bits per heavy atom. The van der Waals surface area contributed by atoms with E-state index >= 15 is 0 Å². The lowest BCUT2D eigenvalue weighted by Gasteiger charge is -2.21. The second-order valence-corrected chi connectivity index (χ2v) is 10.4. The van der Waals surface area contributed by atoms with Crippen molar-refractivity contribution in [2.24, 2.45) is 7.05 Å². The Bertz CT molecular complexity index is 1480. The molecule has 10 heteroatoms. The molecule has 2 N–H and O–H groups in total. The molecule has 0 bridgehead atoms. The van der Waals surface area contributed by atoms with Crippen LogP contribution in [0.5, 0.6) is 0 Å². The topological polar surface area (TPSA) is 109 Å². The van der Waals surface area contributed by atoms with Gasteiger partial charge in [0.05, 0.1) is 22.9 Å². The van der Waals surface area contributed by atoms with E-state index in [2.05, 4.69) is 41.4 Å². The fourth-order valence-electron chi connectivity index (χ4n) is 3.94. The molecule has 1 aromatic carbocycles. The molecule has 0 atom stereocenters. The van der Waals surface area contributed by atoms with E-state index in [-0.39, 0.29) is 16.9 Å². The number of amides is 1. The van der Waals surface area contributed by atoms with Crippen LogP contribution in [0.25, 0.3) is 11.3 Å². The van der Waals surface area contributed by atoms with Gasteiger partial charge in [0.1, 0.15) is 10.6 Å². The maximum atomic E-state index is 13.3. The lowest BCUT2D eigenvalue weighted by atomic mass is 9.98. The van der Waals surface area contributed by atoms with Crippen molar-refractivity contribution in [3.05, 3.63) is 68.0 Å². The van der Waals surface area contributed by atoms with Crippen LogP contribution < -0.4 is 15.8 Å². The van der Waals surface area contributed by atoms with Crippen molar-refractivity contribution in [3.8, 4) is 11.3 Å². The summed E-state index contributed by atoms with van der Waals surface area (Å²) in [6.07, 6.45) is 1.79. The molecule has 0 fully saturated rings. The van der Waals surface area contributed by atoms with Crippen LogP contribution in [-0.2, 0) is 19.0 Å². The molecule has 3 aromatic heterocycles. The van der Waals surface area contributed by atoms with Crippen molar-refractivity contribution < 1.29 is 4.79 Å². The van der Waals surface area contributed by atoms with Gasteiger partial charge in [0.15, 0.2) is 5.82 Å². The summed E-state index contributed by atoms with van der Waals surface area (Å²) in [5.41, 5.74) is 3.84.